The van der Waals surface area contributed by atoms with E-state index in [0.717, 1.165) is 34.1 Å². The zero-order chi connectivity index (χ0) is 13.5. The van der Waals surface area contributed by atoms with Gasteiger partial charge >= 0.3 is 0 Å². The van der Waals surface area contributed by atoms with Crippen LogP contribution < -0.4 is 15.2 Å². The summed E-state index contributed by atoms with van der Waals surface area (Å²) >= 11 is 1.67. The first-order valence-electron chi connectivity index (χ1n) is 5.86. The monoisotopic (exact) mass is 267 g/mol. The summed E-state index contributed by atoms with van der Waals surface area (Å²) in [6.45, 7) is 5.70. The van der Waals surface area contributed by atoms with Gasteiger partial charge in [-0.1, -0.05) is 6.08 Å². The first-order chi connectivity index (χ1) is 8.62. The summed E-state index contributed by atoms with van der Waals surface area (Å²) in [5, 5.41) is 0. The van der Waals surface area contributed by atoms with E-state index in [1.807, 2.05) is 25.1 Å². The number of hydrogen-bond donors (Lipinski definition) is 1. The third kappa shape index (κ3) is 3.96. The van der Waals surface area contributed by atoms with E-state index in [1.54, 1.807) is 26.0 Å². The van der Waals surface area contributed by atoms with Crippen LogP contribution >= 0.6 is 11.8 Å². The molecular formula is C14H21NO2S. The molecule has 0 amide bonds. The summed E-state index contributed by atoms with van der Waals surface area (Å²) in [7, 11) is 3.35. The van der Waals surface area contributed by atoms with E-state index >= 15 is 0 Å². The molecule has 3 nitrogen and oxygen atoms in total. The molecule has 1 aromatic rings. The highest BCUT2D eigenvalue weighted by atomic mass is 32.2. The van der Waals surface area contributed by atoms with Gasteiger partial charge in [-0.3, -0.25) is 0 Å². The first-order valence-corrected chi connectivity index (χ1v) is 6.85. The van der Waals surface area contributed by atoms with Crippen LogP contribution in [0.3, 0.4) is 0 Å². The van der Waals surface area contributed by atoms with Crippen molar-refractivity contribution in [2.45, 2.75) is 24.3 Å². The minimum absolute atomic E-state index is 0.0929. The third-order valence-electron chi connectivity index (χ3n) is 2.47. The number of rotatable bonds is 7. The topological polar surface area (TPSA) is 44.5 Å². The zero-order valence-electron chi connectivity index (χ0n) is 11.2. The minimum Gasteiger partial charge on any atom is -0.496 e. The van der Waals surface area contributed by atoms with E-state index < -0.39 is 0 Å². The largest absolute Gasteiger partial charge is 0.496 e. The van der Waals surface area contributed by atoms with Crippen molar-refractivity contribution < 1.29 is 9.47 Å². The van der Waals surface area contributed by atoms with Crippen LogP contribution in [-0.4, -0.2) is 26.0 Å². The van der Waals surface area contributed by atoms with Crippen molar-refractivity contribution in [2.75, 3.05) is 20.0 Å². The summed E-state index contributed by atoms with van der Waals surface area (Å²) in [5.41, 5.74) is 6.92. The molecule has 0 heterocycles. The lowest BCUT2D eigenvalue weighted by atomic mass is 10.1. The standard InChI is InChI=1S/C14H21NO2S/c1-5-6-18-14-9-12(16-3)11(7-10(2)15)8-13(14)17-4/h5,8-10H,1,6-7,15H2,2-4H3. The molecule has 0 radical (unpaired) electrons. The van der Waals surface area contributed by atoms with Gasteiger partial charge in [-0.25, -0.2) is 0 Å². The molecule has 0 aliphatic heterocycles. The zero-order valence-corrected chi connectivity index (χ0v) is 12.0. The lowest BCUT2D eigenvalue weighted by Crippen LogP contribution is -2.18. The van der Waals surface area contributed by atoms with Gasteiger partial charge in [-0.2, -0.15) is 0 Å². The maximum absolute atomic E-state index is 5.84. The number of ether oxygens (including phenoxy) is 2. The van der Waals surface area contributed by atoms with Crippen molar-refractivity contribution in [3.63, 3.8) is 0 Å². The lowest BCUT2D eigenvalue weighted by molar-refractivity contribution is 0.389. The maximum Gasteiger partial charge on any atom is 0.132 e. The Hall–Kier alpha value is -1.13. The average Bonchev–Trinajstić information content (AvgIpc) is 2.35. The van der Waals surface area contributed by atoms with Crippen LogP contribution in [0.2, 0.25) is 0 Å². The van der Waals surface area contributed by atoms with Gasteiger partial charge in [0.05, 0.1) is 19.1 Å². The van der Waals surface area contributed by atoms with E-state index in [9.17, 15) is 0 Å². The highest BCUT2D eigenvalue weighted by Crippen LogP contribution is 2.36. The third-order valence-corrected chi connectivity index (χ3v) is 3.50. The molecule has 1 unspecified atom stereocenters. The van der Waals surface area contributed by atoms with Crippen molar-refractivity contribution in [2.24, 2.45) is 5.73 Å². The van der Waals surface area contributed by atoms with E-state index in [0.29, 0.717) is 0 Å². The highest BCUT2D eigenvalue weighted by molar-refractivity contribution is 7.99. The summed E-state index contributed by atoms with van der Waals surface area (Å²) in [4.78, 5) is 1.06. The van der Waals surface area contributed by atoms with Crippen LogP contribution in [0.15, 0.2) is 29.7 Å². The van der Waals surface area contributed by atoms with Gasteiger partial charge in [0, 0.05) is 11.8 Å². The van der Waals surface area contributed by atoms with E-state index in [-0.39, 0.29) is 6.04 Å². The summed E-state index contributed by atoms with van der Waals surface area (Å²) in [6.07, 6.45) is 2.64. The molecule has 0 saturated carbocycles. The fourth-order valence-electron chi connectivity index (χ4n) is 1.70. The van der Waals surface area contributed by atoms with Crippen LogP contribution in [0.1, 0.15) is 12.5 Å². The molecule has 0 bridgehead atoms. The predicted octanol–water partition coefficient (Wildman–Crippen LogP) is 2.87. The molecule has 2 N–H and O–H groups in total. The molecule has 0 saturated heterocycles. The number of methoxy groups -OCH3 is 2. The van der Waals surface area contributed by atoms with Crippen molar-refractivity contribution in [1.82, 2.24) is 0 Å². The Morgan fingerprint density at radius 2 is 2.00 bits per heavy atom. The fourth-order valence-corrected chi connectivity index (χ4v) is 2.47. The first kappa shape index (κ1) is 14.9. The van der Waals surface area contributed by atoms with E-state index in [4.69, 9.17) is 15.2 Å². The second-order valence-electron chi connectivity index (χ2n) is 4.10. The summed E-state index contributed by atoms with van der Waals surface area (Å²) in [5.74, 6) is 2.56. The van der Waals surface area contributed by atoms with Crippen molar-refractivity contribution in [1.29, 1.82) is 0 Å². The Morgan fingerprint density at radius 1 is 1.33 bits per heavy atom. The summed E-state index contributed by atoms with van der Waals surface area (Å²) in [6, 6.07) is 4.11. The minimum atomic E-state index is 0.0929. The Kier molecular flexibility index (Phi) is 6.09. The average molecular weight is 267 g/mol. The molecule has 100 valence electrons. The highest BCUT2D eigenvalue weighted by Gasteiger charge is 2.12. The Morgan fingerprint density at radius 3 is 2.50 bits per heavy atom. The van der Waals surface area contributed by atoms with Crippen LogP contribution in [0.25, 0.3) is 0 Å². The molecule has 1 atom stereocenters. The van der Waals surface area contributed by atoms with Crippen LogP contribution in [0, 0.1) is 0 Å². The van der Waals surface area contributed by atoms with Gasteiger partial charge < -0.3 is 15.2 Å². The summed E-state index contributed by atoms with van der Waals surface area (Å²) < 4.78 is 10.8. The molecule has 0 aliphatic carbocycles. The van der Waals surface area contributed by atoms with Gasteiger partial charge in [-0.15, -0.1) is 18.3 Å². The Balaban J connectivity index is 3.10. The molecule has 1 aromatic carbocycles. The normalized spacial score (nSPS) is 12.0. The maximum atomic E-state index is 5.84. The van der Waals surface area contributed by atoms with Gasteiger partial charge in [0.2, 0.25) is 0 Å². The smallest absolute Gasteiger partial charge is 0.132 e. The van der Waals surface area contributed by atoms with Crippen molar-refractivity contribution in [3.05, 3.63) is 30.4 Å². The lowest BCUT2D eigenvalue weighted by Gasteiger charge is -2.15. The molecule has 4 heteroatoms. The molecule has 0 spiro atoms. The van der Waals surface area contributed by atoms with Crippen LogP contribution in [0.4, 0.5) is 0 Å². The molecule has 1 rings (SSSR count). The quantitative estimate of drug-likeness (QED) is 0.609. The van der Waals surface area contributed by atoms with Gasteiger partial charge in [0.15, 0.2) is 0 Å². The Bertz CT molecular complexity index is 405. The molecular weight excluding hydrogens is 246 g/mol. The molecule has 0 fully saturated rings. The van der Waals surface area contributed by atoms with Crippen LogP contribution in [0.5, 0.6) is 11.5 Å². The predicted molar refractivity (Wildman–Crippen MR) is 77.8 cm³/mol. The fraction of sp³-hybridized carbons (Fsp3) is 0.429. The number of hydrogen-bond acceptors (Lipinski definition) is 4. The van der Waals surface area contributed by atoms with Gasteiger partial charge in [-0.05, 0) is 31.0 Å². The number of thioether (sulfide) groups is 1. The van der Waals surface area contributed by atoms with Crippen molar-refractivity contribution >= 4 is 11.8 Å². The Labute approximate surface area is 113 Å². The van der Waals surface area contributed by atoms with Crippen molar-refractivity contribution in [3.8, 4) is 11.5 Å². The van der Waals surface area contributed by atoms with Gasteiger partial charge in [0.1, 0.15) is 11.5 Å². The molecule has 0 aliphatic rings. The second kappa shape index (κ2) is 7.34. The second-order valence-corrected chi connectivity index (χ2v) is 5.16. The van der Waals surface area contributed by atoms with E-state index in [2.05, 4.69) is 6.58 Å². The SMILES string of the molecule is C=CCSc1cc(OC)c(CC(C)N)cc1OC. The number of benzene rings is 1. The number of nitrogens with two attached hydrogens (primary N) is 1. The molecule has 18 heavy (non-hydrogen) atoms. The van der Waals surface area contributed by atoms with Gasteiger partial charge in [0.25, 0.3) is 0 Å². The van der Waals surface area contributed by atoms with Crippen LogP contribution in [-0.2, 0) is 6.42 Å². The molecule has 0 aromatic heterocycles. The van der Waals surface area contributed by atoms with E-state index in [1.165, 1.54) is 0 Å².